The van der Waals surface area contributed by atoms with Gasteiger partial charge in [-0.2, -0.15) is 0 Å². The average Bonchev–Trinajstić information content (AvgIpc) is 2.90. The summed E-state index contributed by atoms with van der Waals surface area (Å²) in [7, 11) is 0. The van der Waals surface area contributed by atoms with Crippen LogP contribution in [0.15, 0.2) is 72.8 Å². The lowest BCUT2D eigenvalue weighted by Gasteiger charge is -2.21. The summed E-state index contributed by atoms with van der Waals surface area (Å²) in [6.45, 7) is 3.27. The van der Waals surface area contributed by atoms with Gasteiger partial charge < -0.3 is 26.0 Å². The van der Waals surface area contributed by atoms with Crippen LogP contribution in [0.2, 0.25) is 0 Å². The van der Waals surface area contributed by atoms with Crippen molar-refractivity contribution in [3.05, 3.63) is 95.1 Å². The molecule has 202 valence electrons. The second-order valence-corrected chi connectivity index (χ2v) is 9.60. The molecule has 1 aliphatic heterocycles. The highest BCUT2D eigenvalue weighted by molar-refractivity contribution is 5.92. The Morgan fingerprint density at radius 1 is 0.923 bits per heavy atom. The number of fused-ring (bicyclic) bond motifs is 4. The number of carbonyl (C=O) groups is 4. The quantitative estimate of drug-likeness (QED) is 0.414. The number of hydrogen-bond donors (Lipinski definition) is 4. The molecule has 1 aliphatic rings. The third kappa shape index (κ3) is 8.16. The molecule has 4 N–H and O–H groups in total. The minimum atomic E-state index is -0.893. The molecule has 3 aromatic carbocycles. The van der Waals surface area contributed by atoms with Gasteiger partial charge in [-0.1, -0.05) is 54.1 Å². The van der Waals surface area contributed by atoms with Gasteiger partial charge in [-0.3, -0.25) is 19.2 Å². The number of ether oxygens (including phenoxy) is 1. The average molecular weight is 529 g/mol. The second-order valence-electron chi connectivity index (χ2n) is 9.60. The first-order chi connectivity index (χ1) is 18.7. The topological polar surface area (TPSA) is 126 Å². The van der Waals surface area contributed by atoms with Gasteiger partial charge in [-0.05, 0) is 47.9 Å². The summed E-state index contributed by atoms with van der Waals surface area (Å²) >= 11 is 0. The predicted octanol–water partition coefficient (Wildman–Crippen LogP) is 2.31. The zero-order valence-corrected chi connectivity index (χ0v) is 22.0. The lowest BCUT2D eigenvalue weighted by molar-refractivity contribution is -0.131. The molecule has 0 radical (unpaired) electrons. The number of carbonyl (C=O) groups excluding carboxylic acids is 4. The van der Waals surface area contributed by atoms with Gasteiger partial charge in [0.15, 0.2) is 0 Å². The van der Waals surface area contributed by atoms with Gasteiger partial charge in [0.25, 0.3) is 0 Å². The van der Waals surface area contributed by atoms with E-state index in [2.05, 4.69) is 21.3 Å². The summed E-state index contributed by atoms with van der Waals surface area (Å²) < 4.78 is 6.06. The van der Waals surface area contributed by atoms with E-state index >= 15 is 0 Å². The first kappa shape index (κ1) is 27.4. The summed E-state index contributed by atoms with van der Waals surface area (Å²) in [5.74, 6) is -0.626. The molecule has 2 atom stereocenters. The second kappa shape index (κ2) is 12.7. The molecule has 9 heteroatoms. The van der Waals surface area contributed by atoms with Crippen molar-refractivity contribution in [2.24, 2.45) is 0 Å². The fraction of sp³-hybridized carbons (Fsp3) is 0.267. The largest absolute Gasteiger partial charge is 0.457 e. The highest BCUT2D eigenvalue weighted by Crippen LogP contribution is 2.24. The van der Waals surface area contributed by atoms with Crippen molar-refractivity contribution < 1.29 is 23.9 Å². The summed E-state index contributed by atoms with van der Waals surface area (Å²) in [4.78, 5) is 50.7. The van der Waals surface area contributed by atoms with Crippen molar-refractivity contribution >= 4 is 23.6 Å². The van der Waals surface area contributed by atoms with Crippen molar-refractivity contribution in [2.45, 2.75) is 45.3 Å². The third-order valence-electron chi connectivity index (χ3n) is 6.27. The van der Waals surface area contributed by atoms with Crippen molar-refractivity contribution in [2.75, 3.05) is 6.54 Å². The van der Waals surface area contributed by atoms with Gasteiger partial charge in [-0.15, -0.1) is 0 Å². The van der Waals surface area contributed by atoms with Crippen LogP contribution < -0.4 is 26.0 Å². The van der Waals surface area contributed by atoms with E-state index in [-0.39, 0.29) is 31.2 Å². The molecule has 1 heterocycles. The van der Waals surface area contributed by atoms with Crippen LogP contribution in [0.5, 0.6) is 11.5 Å². The summed E-state index contributed by atoms with van der Waals surface area (Å²) in [5, 5.41) is 10.8. The summed E-state index contributed by atoms with van der Waals surface area (Å²) in [6, 6.07) is 20.6. The molecule has 3 aromatic rings. The van der Waals surface area contributed by atoms with Crippen LogP contribution in [0.4, 0.5) is 0 Å². The Bertz CT molecular complexity index is 1360. The van der Waals surface area contributed by atoms with Crippen molar-refractivity contribution in [3.63, 3.8) is 0 Å². The molecule has 39 heavy (non-hydrogen) atoms. The summed E-state index contributed by atoms with van der Waals surface area (Å²) in [5.41, 5.74) is 3.62. The molecule has 0 saturated heterocycles. The Balaban J connectivity index is 1.59. The molecule has 4 rings (SSSR count). The number of rotatable bonds is 4. The van der Waals surface area contributed by atoms with Crippen molar-refractivity contribution in [1.29, 1.82) is 0 Å². The van der Waals surface area contributed by atoms with Gasteiger partial charge >= 0.3 is 0 Å². The van der Waals surface area contributed by atoms with Gasteiger partial charge in [0.05, 0.1) is 6.54 Å². The maximum atomic E-state index is 13.2. The number of nitrogens with one attached hydrogen (secondary N) is 4. The molecule has 0 spiro atoms. The highest BCUT2D eigenvalue weighted by atomic mass is 16.5. The van der Waals surface area contributed by atoms with Crippen molar-refractivity contribution in [1.82, 2.24) is 21.3 Å². The maximum absolute atomic E-state index is 13.2. The summed E-state index contributed by atoms with van der Waals surface area (Å²) in [6.07, 6.45) is 0.416. The van der Waals surface area contributed by atoms with E-state index in [4.69, 9.17) is 4.74 Å². The van der Waals surface area contributed by atoms with E-state index in [0.717, 1.165) is 22.3 Å². The van der Waals surface area contributed by atoms with E-state index in [1.165, 1.54) is 6.92 Å². The van der Waals surface area contributed by atoms with Crippen LogP contribution in [0.3, 0.4) is 0 Å². The Kier molecular flexibility index (Phi) is 8.94. The van der Waals surface area contributed by atoms with Crippen LogP contribution in [0.25, 0.3) is 0 Å². The zero-order chi connectivity index (χ0) is 27.8. The monoisotopic (exact) mass is 528 g/mol. The number of amides is 4. The Hall–Kier alpha value is -4.66. The van der Waals surface area contributed by atoms with Crippen LogP contribution >= 0.6 is 0 Å². The van der Waals surface area contributed by atoms with E-state index in [1.54, 1.807) is 18.2 Å². The molecule has 4 bridgehead atoms. The van der Waals surface area contributed by atoms with Gasteiger partial charge in [0.2, 0.25) is 23.6 Å². The third-order valence-corrected chi connectivity index (χ3v) is 6.27. The first-order valence-electron chi connectivity index (χ1n) is 12.8. The zero-order valence-electron chi connectivity index (χ0n) is 22.0. The Morgan fingerprint density at radius 3 is 2.21 bits per heavy atom. The van der Waals surface area contributed by atoms with Gasteiger partial charge in [0, 0.05) is 26.3 Å². The lowest BCUT2D eigenvalue weighted by atomic mass is 10.0. The van der Waals surface area contributed by atoms with E-state index in [1.807, 2.05) is 61.5 Å². The normalized spacial score (nSPS) is 17.7. The van der Waals surface area contributed by atoms with E-state index in [9.17, 15) is 19.2 Å². The molecular weight excluding hydrogens is 496 g/mol. The van der Waals surface area contributed by atoms with Gasteiger partial charge in [0.1, 0.15) is 23.6 Å². The smallest absolute Gasteiger partial charge is 0.243 e. The molecule has 0 aliphatic carbocycles. The molecule has 0 fully saturated rings. The molecule has 9 nitrogen and oxygen atoms in total. The molecule has 2 unspecified atom stereocenters. The SMILES string of the molecule is CC(=O)NC1Cc2cccc(c2)Oc2cccc(c2)CC(C(=O)NCc2ccc(C)cc2)NC(=O)CNC1=O. The number of aryl methyl sites for hydroxylation is 1. The van der Waals surface area contributed by atoms with Crippen LogP contribution in [0, 0.1) is 6.92 Å². The minimum absolute atomic E-state index is 0.203. The van der Waals surface area contributed by atoms with Crippen LogP contribution in [0.1, 0.15) is 29.2 Å². The lowest BCUT2D eigenvalue weighted by Crippen LogP contribution is -2.53. The molecule has 0 aromatic heterocycles. The first-order valence-corrected chi connectivity index (χ1v) is 12.8. The van der Waals surface area contributed by atoms with Crippen molar-refractivity contribution in [3.8, 4) is 11.5 Å². The highest BCUT2D eigenvalue weighted by Gasteiger charge is 2.24. The Morgan fingerprint density at radius 2 is 1.56 bits per heavy atom. The van der Waals surface area contributed by atoms with E-state index < -0.39 is 23.9 Å². The molecule has 4 amide bonds. The standard InChI is InChI=1S/C30H32N4O5/c1-19-9-11-21(12-10-19)17-31-30(38)27-16-23-6-4-8-25(14-23)39-24-7-3-5-22(13-24)15-26(33-20(2)35)29(37)32-18-28(36)34-27/h3-14,26-27H,15-18H2,1-2H3,(H,31,38)(H,32,37)(H,33,35)(H,34,36). The number of benzene rings is 3. The fourth-order valence-corrected chi connectivity index (χ4v) is 4.30. The Labute approximate surface area is 227 Å². The van der Waals surface area contributed by atoms with E-state index in [0.29, 0.717) is 18.0 Å². The predicted molar refractivity (Wildman–Crippen MR) is 146 cm³/mol. The van der Waals surface area contributed by atoms with Crippen LogP contribution in [-0.4, -0.2) is 42.3 Å². The number of hydrogen-bond acceptors (Lipinski definition) is 5. The molecular formula is C30H32N4O5. The fourth-order valence-electron chi connectivity index (χ4n) is 4.30. The minimum Gasteiger partial charge on any atom is -0.457 e. The van der Waals surface area contributed by atoms with Gasteiger partial charge in [-0.25, -0.2) is 0 Å². The maximum Gasteiger partial charge on any atom is 0.243 e. The van der Waals surface area contributed by atoms with Crippen LogP contribution in [-0.2, 0) is 38.6 Å². The molecule has 0 saturated carbocycles.